The Morgan fingerprint density at radius 3 is 2.51 bits per heavy atom. The fraction of sp³-hybridized carbons (Fsp3) is 0.160. The van der Waals surface area contributed by atoms with Crippen LogP contribution in [0, 0.1) is 0 Å². The maximum atomic E-state index is 5.63. The molecular formula is C25H24N6O4. The molecule has 1 aliphatic rings. The van der Waals surface area contributed by atoms with E-state index in [1.54, 1.807) is 32.7 Å². The van der Waals surface area contributed by atoms with Crippen molar-refractivity contribution in [3.63, 3.8) is 0 Å². The maximum absolute atomic E-state index is 5.63. The number of anilines is 3. The van der Waals surface area contributed by atoms with Gasteiger partial charge in [-0.15, -0.1) is 10.2 Å². The SMILES string of the molecule is COc1cc(Nc2ncccc2-c2nnc(N(Cc3ccccc3)C3=COCO3)[nH]2)cc(OC)c1. The standard InChI is InChI=1S/C25H24N6O4/c1-32-19-11-18(12-20(13-19)33-2)27-23-21(9-6-10-26-23)24-28-25(30-29-24)31(22-15-34-16-35-22)14-17-7-4-3-5-8-17/h3-13,15H,14,16H2,1-2H3,(H,26,27)(H,28,29,30). The van der Waals surface area contributed by atoms with Gasteiger partial charge in [0, 0.05) is 30.1 Å². The van der Waals surface area contributed by atoms with Crippen LogP contribution in [-0.2, 0) is 16.0 Å². The number of hydrogen-bond acceptors (Lipinski definition) is 9. The lowest BCUT2D eigenvalue weighted by Crippen LogP contribution is -2.23. The summed E-state index contributed by atoms with van der Waals surface area (Å²) in [6, 6.07) is 19.3. The number of H-pyrrole nitrogens is 1. The maximum Gasteiger partial charge on any atom is 0.235 e. The Morgan fingerprint density at radius 2 is 1.80 bits per heavy atom. The van der Waals surface area contributed by atoms with Crippen molar-refractivity contribution in [2.75, 3.05) is 31.2 Å². The molecule has 0 fully saturated rings. The van der Waals surface area contributed by atoms with Gasteiger partial charge in [-0.25, -0.2) is 4.98 Å². The molecule has 5 rings (SSSR count). The average Bonchev–Trinajstić information content (AvgIpc) is 3.61. The molecule has 0 amide bonds. The molecule has 0 saturated carbocycles. The van der Waals surface area contributed by atoms with Gasteiger partial charge in [0.05, 0.1) is 26.3 Å². The van der Waals surface area contributed by atoms with Crippen molar-refractivity contribution in [1.82, 2.24) is 20.2 Å². The fourth-order valence-electron chi connectivity index (χ4n) is 3.61. The van der Waals surface area contributed by atoms with Crippen LogP contribution in [0.3, 0.4) is 0 Å². The number of benzene rings is 2. The average molecular weight is 473 g/mol. The summed E-state index contributed by atoms with van der Waals surface area (Å²) in [4.78, 5) is 9.68. The highest BCUT2D eigenvalue weighted by molar-refractivity contribution is 5.75. The number of aromatic amines is 1. The van der Waals surface area contributed by atoms with Gasteiger partial charge in [0.25, 0.3) is 0 Å². The van der Waals surface area contributed by atoms with Gasteiger partial charge >= 0.3 is 0 Å². The molecule has 178 valence electrons. The molecule has 0 bridgehead atoms. The Hall–Kier alpha value is -4.73. The first-order chi connectivity index (χ1) is 17.2. The van der Waals surface area contributed by atoms with E-state index in [-0.39, 0.29) is 6.79 Å². The van der Waals surface area contributed by atoms with Crippen molar-refractivity contribution in [3.8, 4) is 22.9 Å². The normalized spacial score (nSPS) is 12.3. The first-order valence-corrected chi connectivity index (χ1v) is 10.9. The molecule has 1 aliphatic heterocycles. The first kappa shape index (κ1) is 22.1. The van der Waals surface area contributed by atoms with Crippen LogP contribution in [0.25, 0.3) is 11.4 Å². The van der Waals surface area contributed by atoms with Gasteiger partial charge in [0.1, 0.15) is 23.6 Å². The summed E-state index contributed by atoms with van der Waals surface area (Å²) in [5.41, 5.74) is 2.58. The highest BCUT2D eigenvalue weighted by Crippen LogP contribution is 2.32. The lowest BCUT2D eigenvalue weighted by Gasteiger charge is -2.20. The van der Waals surface area contributed by atoms with Crippen LogP contribution in [0.1, 0.15) is 5.56 Å². The Balaban J connectivity index is 1.45. The van der Waals surface area contributed by atoms with Crippen LogP contribution in [-0.4, -0.2) is 41.2 Å². The number of pyridine rings is 1. The zero-order valence-electron chi connectivity index (χ0n) is 19.3. The highest BCUT2D eigenvalue weighted by Gasteiger charge is 2.23. The molecule has 35 heavy (non-hydrogen) atoms. The van der Waals surface area contributed by atoms with Crippen molar-refractivity contribution in [2.45, 2.75) is 6.54 Å². The smallest absolute Gasteiger partial charge is 0.235 e. The van der Waals surface area contributed by atoms with Gasteiger partial charge in [-0.2, -0.15) is 0 Å². The Morgan fingerprint density at radius 1 is 1.00 bits per heavy atom. The van der Waals surface area contributed by atoms with E-state index in [9.17, 15) is 0 Å². The van der Waals surface area contributed by atoms with Crippen molar-refractivity contribution in [3.05, 3.63) is 84.6 Å². The Bertz CT molecular complexity index is 1300. The monoisotopic (exact) mass is 472 g/mol. The van der Waals surface area contributed by atoms with E-state index in [0.717, 1.165) is 16.8 Å². The predicted octanol–water partition coefficient (Wildman–Crippen LogP) is 4.44. The minimum Gasteiger partial charge on any atom is -0.497 e. The minimum atomic E-state index is 0.155. The van der Waals surface area contributed by atoms with Crippen molar-refractivity contribution in [2.24, 2.45) is 0 Å². The summed E-state index contributed by atoms with van der Waals surface area (Å²) in [6.07, 6.45) is 3.27. The largest absolute Gasteiger partial charge is 0.497 e. The van der Waals surface area contributed by atoms with Gasteiger partial charge < -0.3 is 29.2 Å². The third-order valence-corrected chi connectivity index (χ3v) is 5.32. The third kappa shape index (κ3) is 4.96. The van der Waals surface area contributed by atoms with E-state index in [1.165, 1.54) is 0 Å². The second-order valence-corrected chi connectivity index (χ2v) is 7.58. The molecule has 0 spiro atoms. The molecule has 2 aromatic heterocycles. The lowest BCUT2D eigenvalue weighted by molar-refractivity contribution is 0.0780. The van der Waals surface area contributed by atoms with Crippen molar-refractivity contribution >= 4 is 17.5 Å². The second kappa shape index (κ2) is 10.0. The van der Waals surface area contributed by atoms with Gasteiger partial charge in [0.15, 0.2) is 5.82 Å². The van der Waals surface area contributed by atoms with Crippen LogP contribution in [0.5, 0.6) is 11.5 Å². The molecule has 2 aromatic carbocycles. The Kier molecular flexibility index (Phi) is 6.33. The molecule has 3 heterocycles. The van der Waals surface area contributed by atoms with Crippen LogP contribution < -0.4 is 19.7 Å². The van der Waals surface area contributed by atoms with Crippen LogP contribution in [0.15, 0.2) is 79.0 Å². The number of nitrogens with one attached hydrogen (secondary N) is 2. The van der Waals surface area contributed by atoms with Crippen LogP contribution in [0.4, 0.5) is 17.5 Å². The fourth-order valence-corrected chi connectivity index (χ4v) is 3.61. The first-order valence-electron chi connectivity index (χ1n) is 10.9. The van der Waals surface area contributed by atoms with Gasteiger partial charge in [-0.1, -0.05) is 30.3 Å². The summed E-state index contributed by atoms with van der Waals surface area (Å²) in [5.74, 6) is 3.52. The Labute approximate surface area is 202 Å². The van der Waals surface area contributed by atoms with Crippen molar-refractivity contribution in [1.29, 1.82) is 0 Å². The topological polar surface area (TPSA) is 107 Å². The molecule has 0 saturated heterocycles. The van der Waals surface area contributed by atoms with E-state index < -0.39 is 0 Å². The van der Waals surface area contributed by atoms with E-state index in [4.69, 9.17) is 18.9 Å². The molecule has 4 aromatic rings. The molecule has 10 heteroatoms. The molecule has 0 unspecified atom stereocenters. The number of hydrogen-bond donors (Lipinski definition) is 2. The second-order valence-electron chi connectivity index (χ2n) is 7.58. The van der Waals surface area contributed by atoms with Crippen molar-refractivity contribution < 1.29 is 18.9 Å². The summed E-state index contributed by atoms with van der Waals surface area (Å²) in [6.45, 7) is 0.675. The molecule has 10 nitrogen and oxygen atoms in total. The molecule has 0 atom stereocenters. The summed E-state index contributed by atoms with van der Waals surface area (Å²) in [5, 5.41) is 12.1. The highest BCUT2D eigenvalue weighted by atomic mass is 16.7. The molecular weight excluding hydrogens is 448 g/mol. The minimum absolute atomic E-state index is 0.155. The van der Waals surface area contributed by atoms with Crippen LogP contribution in [0.2, 0.25) is 0 Å². The quantitative estimate of drug-likeness (QED) is 0.366. The zero-order valence-corrected chi connectivity index (χ0v) is 19.3. The lowest BCUT2D eigenvalue weighted by atomic mass is 10.2. The number of methoxy groups -OCH3 is 2. The summed E-state index contributed by atoms with van der Waals surface area (Å²) in [7, 11) is 3.22. The van der Waals surface area contributed by atoms with Gasteiger partial charge in [0.2, 0.25) is 18.6 Å². The van der Waals surface area contributed by atoms with E-state index >= 15 is 0 Å². The van der Waals surface area contributed by atoms with E-state index in [2.05, 4.69) is 25.5 Å². The van der Waals surface area contributed by atoms with Gasteiger partial charge in [-0.3, -0.25) is 4.90 Å². The number of ether oxygens (including phenoxy) is 4. The van der Waals surface area contributed by atoms with E-state index in [1.807, 2.05) is 59.5 Å². The molecule has 0 radical (unpaired) electrons. The third-order valence-electron chi connectivity index (χ3n) is 5.32. The number of aromatic nitrogens is 4. The van der Waals surface area contributed by atoms with Crippen LogP contribution >= 0.6 is 0 Å². The predicted molar refractivity (Wildman–Crippen MR) is 130 cm³/mol. The zero-order chi connectivity index (χ0) is 24.0. The van der Waals surface area contributed by atoms with E-state index in [0.29, 0.717) is 41.5 Å². The van der Waals surface area contributed by atoms with Gasteiger partial charge in [-0.05, 0) is 17.7 Å². The molecule has 2 N–H and O–H groups in total. The number of rotatable bonds is 9. The molecule has 0 aliphatic carbocycles. The summed E-state index contributed by atoms with van der Waals surface area (Å²) < 4.78 is 21.7. The number of nitrogens with zero attached hydrogens (tertiary/aromatic N) is 4. The summed E-state index contributed by atoms with van der Waals surface area (Å²) >= 11 is 0.